The minimum absolute atomic E-state index is 0.212. The maximum absolute atomic E-state index is 12.1. The normalized spacial score (nSPS) is 20.2. The van der Waals surface area contributed by atoms with Gasteiger partial charge in [0.2, 0.25) is 5.91 Å². The zero-order valence-electron chi connectivity index (χ0n) is 12.1. The molecule has 2 N–H and O–H groups in total. The summed E-state index contributed by atoms with van der Waals surface area (Å²) in [5.74, 6) is -2.06. The molecule has 5 nitrogen and oxygen atoms in total. The summed E-state index contributed by atoms with van der Waals surface area (Å²) in [6.07, 6.45) is 1.22. The van der Waals surface area contributed by atoms with Crippen LogP contribution in [0.15, 0.2) is 29.6 Å². The van der Waals surface area contributed by atoms with Crippen LogP contribution in [-0.2, 0) is 9.59 Å². The first kappa shape index (κ1) is 14.7. The first-order valence-electron chi connectivity index (χ1n) is 7.11. The quantitative estimate of drug-likeness (QED) is 0.908. The van der Waals surface area contributed by atoms with Crippen LogP contribution in [0.25, 0.3) is 11.3 Å². The fourth-order valence-corrected chi connectivity index (χ4v) is 3.19. The van der Waals surface area contributed by atoms with Crippen LogP contribution < -0.4 is 5.32 Å². The molecule has 1 aromatic heterocycles. The summed E-state index contributed by atoms with van der Waals surface area (Å²) in [6, 6.07) is 7.44. The SMILES string of the molecule is Cc1nc(-c2ccc(NC(=O)C3CCC3C(=O)O)cc2)cs1. The highest BCUT2D eigenvalue weighted by molar-refractivity contribution is 7.09. The number of aryl methyl sites for hydroxylation is 1. The Bertz CT molecular complexity index is 708. The van der Waals surface area contributed by atoms with Crippen molar-refractivity contribution < 1.29 is 14.7 Å². The second kappa shape index (κ2) is 5.88. The number of hydrogen-bond donors (Lipinski definition) is 2. The van der Waals surface area contributed by atoms with E-state index in [-0.39, 0.29) is 5.91 Å². The predicted octanol–water partition coefficient (Wildman–Crippen LogP) is 3.17. The van der Waals surface area contributed by atoms with Crippen LogP contribution in [0, 0.1) is 18.8 Å². The van der Waals surface area contributed by atoms with Crippen LogP contribution in [0.1, 0.15) is 17.8 Å². The third-order valence-corrected chi connectivity index (χ3v) is 4.77. The Kier molecular flexibility index (Phi) is 3.94. The first-order valence-corrected chi connectivity index (χ1v) is 7.99. The number of amides is 1. The van der Waals surface area contributed by atoms with Gasteiger partial charge in [0.1, 0.15) is 0 Å². The van der Waals surface area contributed by atoms with Gasteiger partial charge in [-0.15, -0.1) is 11.3 Å². The van der Waals surface area contributed by atoms with Crippen molar-refractivity contribution in [3.8, 4) is 11.3 Å². The van der Waals surface area contributed by atoms with Gasteiger partial charge in [-0.3, -0.25) is 9.59 Å². The molecular formula is C16H16N2O3S. The second-order valence-corrected chi connectivity index (χ2v) is 6.51. The molecule has 1 heterocycles. The lowest BCUT2D eigenvalue weighted by Gasteiger charge is -2.31. The number of carboxylic acids is 1. The molecule has 1 aliphatic rings. The zero-order chi connectivity index (χ0) is 15.7. The van der Waals surface area contributed by atoms with E-state index in [0.29, 0.717) is 18.5 Å². The highest BCUT2D eigenvalue weighted by atomic mass is 32.1. The molecule has 6 heteroatoms. The summed E-state index contributed by atoms with van der Waals surface area (Å²) in [5.41, 5.74) is 2.59. The van der Waals surface area contributed by atoms with Gasteiger partial charge in [-0.1, -0.05) is 12.1 Å². The summed E-state index contributed by atoms with van der Waals surface area (Å²) in [5, 5.41) is 14.8. The van der Waals surface area contributed by atoms with E-state index in [0.717, 1.165) is 16.3 Å². The van der Waals surface area contributed by atoms with Gasteiger partial charge in [0, 0.05) is 16.6 Å². The number of nitrogens with zero attached hydrogens (tertiary/aromatic N) is 1. The molecule has 2 atom stereocenters. The van der Waals surface area contributed by atoms with Crippen molar-refractivity contribution in [2.45, 2.75) is 19.8 Å². The van der Waals surface area contributed by atoms with Gasteiger partial charge in [-0.2, -0.15) is 0 Å². The lowest BCUT2D eigenvalue weighted by molar-refractivity contribution is -0.151. The molecule has 22 heavy (non-hydrogen) atoms. The number of carboxylic acid groups (broad SMARTS) is 1. The molecular weight excluding hydrogens is 300 g/mol. The molecule has 2 aromatic rings. The molecule has 0 aliphatic heterocycles. The summed E-state index contributed by atoms with van der Waals surface area (Å²) in [4.78, 5) is 27.5. The minimum atomic E-state index is -0.888. The molecule has 3 rings (SSSR count). The van der Waals surface area contributed by atoms with E-state index >= 15 is 0 Å². The average molecular weight is 316 g/mol. The number of nitrogens with one attached hydrogen (secondary N) is 1. The second-order valence-electron chi connectivity index (χ2n) is 5.45. The average Bonchev–Trinajstić information content (AvgIpc) is 2.84. The Hall–Kier alpha value is -2.21. The summed E-state index contributed by atoms with van der Waals surface area (Å²) in [7, 11) is 0. The largest absolute Gasteiger partial charge is 0.481 e. The third-order valence-electron chi connectivity index (χ3n) is 4.00. The van der Waals surface area contributed by atoms with Crippen LogP contribution >= 0.6 is 11.3 Å². The number of anilines is 1. The summed E-state index contributed by atoms with van der Waals surface area (Å²) >= 11 is 1.60. The van der Waals surface area contributed by atoms with Crippen LogP contribution in [0.5, 0.6) is 0 Å². The molecule has 0 saturated heterocycles. The topological polar surface area (TPSA) is 79.3 Å². The van der Waals surface area contributed by atoms with Crippen molar-refractivity contribution in [1.29, 1.82) is 0 Å². The number of carbonyl (C=O) groups excluding carboxylic acids is 1. The number of thiazole rings is 1. The molecule has 0 radical (unpaired) electrons. The predicted molar refractivity (Wildman–Crippen MR) is 84.8 cm³/mol. The van der Waals surface area contributed by atoms with Gasteiger partial charge in [0.05, 0.1) is 22.5 Å². The lowest BCUT2D eigenvalue weighted by Crippen LogP contribution is -2.41. The van der Waals surface area contributed by atoms with Crippen LogP contribution in [0.4, 0.5) is 5.69 Å². The van der Waals surface area contributed by atoms with Gasteiger partial charge >= 0.3 is 5.97 Å². The molecule has 1 aliphatic carbocycles. The number of aromatic nitrogens is 1. The maximum atomic E-state index is 12.1. The standard InChI is InChI=1S/C16H16N2O3S/c1-9-17-14(8-22-9)10-2-4-11(5-3-10)18-15(19)12-6-7-13(12)16(20)21/h2-5,8,12-13H,6-7H2,1H3,(H,18,19)(H,20,21). The molecule has 0 bridgehead atoms. The van der Waals surface area contributed by atoms with Gasteiger partial charge in [-0.05, 0) is 31.9 Å². The monoisotopic (exact) mass is 316 g/mol. The number of aliphatic carboxylic acids is 1. The van der Waals surface area contributed by atoms with E-state index in [1.54, 1.807) is 11.3 Å². The number of benzene rings is 1. The lowest BCUT2D eigenvalue weighted by atomic mass is 9.73. The zero-order valence-corrected chi connectivity index (χ0v) is 12.9. The minimum Gasteiger partial charge on any atom is -0.481 e. The van der Waals surface area contributed by atoms with Crippen molar-refractivity contribution in [2.24, 2.45) is 11.8 Å². The molecule has 2 unspecified atom stereocenters. The van der Waals surface area contributed by atoms with E-state index < -0.39 is 17.8 Å². The van der Waals surface area contributed by atoms with E-state index in [1.165, 1.54) is 0 Å². The van der Waals surface area contributed by atoms with E-state index in [1.807, 2.05) is 36.6 Å². The highest BCUT2D eigenvalue weighted by Gasteiger charge is 2.41. The van der Waals surface area contributed by atoms with Crippen molar-refractivity contribution >= 4 is 28.9 Å². The fourth-order valence-electron chi connectivity index (χ4n) is 2.56. The Morgan fingerprint density at radius 3 is 2.41 bits per heavy atom. The Labute approximate surface area is 132 Å². The highest BCUT2D eigenvalue weighted by Crippen LogP contribution is 2.35. The molecule has 1 saturated carbocycles. The van der Waals surface area contributed by atoms with Crippen LogP contribution in [0.2, 0.25) is 0 Å². The summed E-state index contributed by atoms with van der Waals surface area (Å²) < 4.78 is 0. The fraction of sp³-hybridized carbons (Fsp3) is 0.312. The smallest absolute Gasteiger partial charge is 0.307 e. The molecule has 1 aromatic carbocycles. The van der Waals surface area contributed by atoms with Gasteiger partial charge < -0.3 is 10.4 Å². The van der Waals surface area contributed by atoms with E-state index in [4.69, 9.17) is 5.11 Å². The van der Waals surface area contributed by atoms with Gasteiger partial charge in [0.15, 0.2) is 0 Å². The Balaban J connectivity index is 1.66. The van der Waals surface area contributed by atoms with E-state index in [9.17, 15) is 9.59 Å². The maximum Gasteiger partial charge on any atom is 0.307 e. The van der Waals surface area contributed by atoms with Crippen molar-refractivity contribution in [1.82, 2.24) is 4.98 Å². The third kappa shape index (κ3) is 2.87. The van der Waals surface area contributed by atoms with Crippen LogP contribution in [0.3, 0.4) is 0 Å². The van der Waals surface area contributed by atoms with Crippen molar-refractivity contribution in [3.05, 3.63) is 34.7 Å². The number of carbonyl (C=O) groups is 2. The first-order chi connectivity index (χ1) is 10.5. The van der Waals surface area contributed by atoms with E-state index in [2.05, 4.69) is 10.3 Å². The van der Waals surface area contributed by atoms with Gasteiger partial charge in [-0.25, -0.2) is 4.98 Å². The van der Waals surface area contributed by atoms with Crippen LogP contribution in [-0.4, -0.2) is 22.0 Å². The number of rotatable bonds is 4. The molecule has 1 fully saturated rings. The Morgan fingerprint density at radius 2 is 1.91 bits per heavy atom. The molecule has 1 amide bonds. The summed E-state index contributed by atoms with van der Waals surface area (Å²) in [6.45, 7) is 1.96. The van der Waals surface area contributed by atoms with Gasteiger partial charge in [0.25, 0.3) is 0 Å². The van der Waals surface area contributed by atoms with Crippen molar-refractivity contribution in [2.75, 3.05) is 5.32 Å². The van der Waals surface area contributed by atoms with Crippen molar-refractivity contribution in [3.63, 3.8) is 0 Å². The molecule has 114 valence electrons. The molecule has 0 spiro atoms. The number of hydrogen-bond acceptors (Lipinski definition) is 4. The Morgan fingerprint density at radius 1 is 1.23 bits per heavy atom.